The largest absolute Gasteiger partial charge is 0.421 e. The zero-order valence-corrected chi connectivity index (χ0v) is 16.8. The van der Waals surface area contributed by atoms with Gasteiger partial charge in [0.25, 0.3) is 11.5 Å². The second-order valence-electron chi connectivity index (χ2n) is 7.58. The van der Waals surface area contributed by atoms with Crippen molar-refractivity contribution in [3.8, 4) is 0 Å². The monoisotopic (exact) mass is 466 g/mol. The van der Waals surface area contributed by atoms with Crippen molar-refractivity contribution in [2.75, 3.05) is 5.32 Å². The molecule has 2 N–H and O–H groups in total. The lowest BCUT2D eigenvalue weighted by Crippen LogP contribution is -2.40. The van der Waals surface area contributed by atoms with Crippen molar-refractivity contribution in [1.82, 2.24) is 24.9 Å². The summed E-state index contributed by atoms with van der Waals surface area (Å²) in [6, 6.07) is 0.212. The fraction of sp³-hybridized carbons (Fsp3) is 0.556. The van der Waals surface area contributed by atoms with Crippen LogP contribution < -0.4 is 16.2 Å². The smallest absolute Gasteiger partial charge is 0.366 e. The maximum absolute atomic E-state index is 13.0. The van der Waals surface area contributed by atoms with E-state index in [1.54, 1.807) is 0 Å². The molecular formula is C18H20F6N6O2. The van der Waals surface area contributed by atoms with E-state index in [1.807, 2.05) is 0 Å². The van der Waals surface area contributed by atoms with E-state index < -0.39 is 35.9 Å². The van der Waals surface area contributed by atoms with Gasteiger partial charge in [0.15, 0.2) is 0 Å². The molecule has 3 rings (SSSR count). The molecule has 0 radical (unpaired) electrons. The Balaban J connectivity index is 1.54. The molecule has 1 fully saturated rings. The van der Waals surface area contributed by atoms with Gasteiger partial charge in [-0.25, -0.2) is 4.68 Å². The first-order valence-corrected chi connectivity index (χ1v) is 9.64. The van der Waals surface area contributed by atoms with Crippen molar-refractivity contribution < 1.29 is 31.1 Å². The van der Waals surface area contributed by atoms with E-state index in [4.69, 9.17) is 0 Å². The predicted octanol–water partition coefficient (Wildman–Crippen LogP) is 2.71. The number of halogens is 6. The summed E-state index contributed by atoms with van der Waals surface area (Å²) in [6.45, 7) is -1.30. The standard InChI is InChI=1S/C18H20F6N6O2/c1-29-16(32)13(18(22,23)24)6-14(28-29)26-11-2-4-12(5-3-11)27-15(31)10-7-25-30(8-10)9-17(19,20)21/h6-8,11-12H,2-5,9H2,1H3,(H,26,28)(H,27,31). The molecule has 2 heterocycles. The van der Waals surface area contributed by atoms with Gasteiger partial charge in [-0.1, -0.05) is 0 Å². The van der Waals surface area contributed by atoms with Crippen LogP contribution in [0.2, 0.25) is 0 Å². The Morgan fingerprint density at radius 1 is 1.12 bits per heavy atom. The first kappa shape index (κ1) is 23.6. The van der Waals surface area contributed by atoms with Crippen LogP contribution in [-0.2, 0) is 19.8 Å². The van der Waals surface area contributed by atoms with Crippen LogP contribution >= 0.6 is 0 Å². The number of hydrogen-bond donors (Lipinski definition) is 2. The number of carbonyl (C=O) groups is 1. The third-order valence-corrected chi connectivity index (χ3v) is 5.02. The van der Waals surface area contributed by atoms with Crippen LogP contribution in [0.3, 0.4) is 0 Å². The second kappa shape index (κ2) is 8.82. The normalized spacial score (nSPS) is 19.6. The minimum atomic E-state index is -4.80. The number of amides is 1. The predicted molar refractivity (Wildman–Crippen MR) is 99.9 cm³/mol. The molecule has 2 aromatic rings. The van der Waals surface area contributed by atoms with Crippen LogP contribution in [-0.4, -0.2) is 43.7 Å². The van der Waals surface area contributed by atoms with Crippen molar-refractivity contribution in [2.24, 2.45) is 7.05 Å². The molecule has 8 nitrogen and oxygen atoms in total. The average Bonchev–Trinajstić information content (AvgIpc) is 3.12. The Morgan fingerprint density at radius 3 is 2.34 bits per heavy atom. The molecule has 1 aliphatic rings. The Kier molecular flexibility index (Phi) is 6.51. The maximum atomic E-state index is 13.0. The molecule has 0 unspecified atom stereocenters. The molecule has 1 aliphatic carbocycles. The number of nitrogens with one attached hydrogen (secondary N) is 2. The number of nitrogens with zero attached hydrogens (tertiary/aromatic N) is 4. The van der Waals surface area contributed by atoms with Crippen molar-refractivity contribution in [3.63, 3.8) is 0 Å². The third-order valence-electron chi connectivity index (χ3n) is 5.02. The van der Waals surface area contributed by atoms with E-state index in [0.29, 0.717) is 41.1 Å². The van der Waals surface area contributed by atoms with Gasteiger partial charge < -0.3 is 10.6 Å². The van der Waals surface area contributed by atoms with Gasteiger partial charge in [-0.15, -0.1) is 0 Å². The average molecular weight is 466 g/mol. The number of aryl methyl sites for hydroxylation is 1. The first-order valence-electron chi connectivity index (χ1n) is 9.64. The van der Waals surface area contributed by atoms with E-state index in [9.17, 15) is 35.9 Å². The van der Waals surface area contributed by atoms with Crippen molar-refractivity contribution in [2.45, 2.75) is 56.7 Å². The fourth-order valence-electron chi connectivity index (χ4n) is 3.49. The molecule has 0 aromatic carbocycles. The topological polar surface area (TPSA) is 93.8 Å². The summed E-state index contributed by atoms with van der Waals surface area (Å²) in [5.41, 5.74) is -2.55. The number of anilines is 1. The van der Waals surface area contributed by atoms with Gasteiger partial charge in [-0.2, -0.15) is 36.5 Å². The minimum Gasteiger partial charge on any atom is -0.366 e. The molecule has 2 aromatic heterocycles. The number of carbonyl (C=O) groups excluding carboxylic acids is 1. The summed E-state index contributed by atoms with van der Waals surface area (Å²) >= 11 is 0. The number of hydrogen-bond acceptors (Lipinski definition) is 5. The van der Waals surface area contributed by atoms with Crippen LogP contribution in [0.15, 0.2) is 23.3 Å². The Labute approximate surface area is 177 Å². The Hall–Kier alpha value is -3.06. The molecule has 1 amide bonds. The molecule has 0 atom stereocenters. The molecule has 1 saturated carbocycles. The van der Waals surface area contributed by atoms with Crippen LogP contribution in [0.25, 0.3) is 0 Å². The van der Waals surface area contributed by atoms with Gasteiger partial charge in [0.05, 0.1) is 11.8 Å². The summed E-state index contributed by atoms with van der Waals surface area (Å²) in [5, 5.41) is 13.0. The van der Waals surface area contributed by atoms with E-state index in [1.165, 1.54) is 0 Å². The molecule has 32 heavy (non-hydrogen) atoms. The SMILES string of the molecule is Cn1nc(NC2CCC(NC(=O)c3cnn(CC(F)(F)F)c3)CC2)cc(C(F)(F)F)c1=O. The lowest BCUT2D eigenvalue weighted by Gasteiger charge is -2.30. The van der Waals surface area contributed by atoms with E-state index in [-0.39, 0.29) is 23.5 Å². The fourth-order valence-corrected chi connectivity index (χ4v) is 3.49. The van der Waals surface area contributed by atoms with Gasteiger partial charge >= 0.3 is 12.4 Å². The molecule has 0 saturated heterocycles. The van der Waals surface area contributed by atoms with Gasteiger partial charge in [-0.05, 0) is 25.7 Å². The Morgan fingerprint density at radius 2 is 1.75 bits per heavy atom. The summed E-state index contributed by atoms with van der Waals surface area (Å²) < 4.78 is 77.5. The number of aromatic nitrogens is 4. The highest BCUT2D eigenvalue weighted by Gasteiger charge is 2.35. The molecule has 14 heteroatoms. The number of alkyl halides is 6. The third kappa shape index (κ3) is 6.01. The first-order chi connectivity index (χ1) is 14.8. The van der Waals surface area contributed by atoms with Crippen LogP contribution in [0.1, 0.15) is 41.6 Å². The van der Waals surface area contributed by atoms with Crippen molar-refractivity contribution in [3.05, 3.63) is 39.9 Å². The zero-order chi connectivity index (χ0) is 23.7. The quantitative estimate of drug-likeness (QED) is 0.661. The van der Waals surface area contributed by atoms with E-state index in [2.05, 4.69) is 20.8 Å². The Bertz CT molecular complexity index is 1020. The molecule has 0 bridgehead atoms. The molecule has 0 aliphatic heterocycles. The van der Waals surface area contributed by atoms with Gasteiger partial charge in [-0.3, -0.25) is 14.3 Å². The van der Waals surface area contributed by atoms with Crippen molar-refractivity contribution in [1.29, 1.82) is 0 Å². The van der Waals surface area contributed by atoms with Crippen LogP contribution in [0.4, 0.5) is 32.2 Å². The minimum absolute atomic E-state index is 0.00332. The second-order valence-corrected chi connectivity index (χ2v) is 7.58. The van der Waals surface area contributed by atoms with E-state index in [0.717, 1.165) is 19.4 Å². The lowest BCUT2D eigenvalue weighted by molar-refractivity contribution is -0.142. The summed E-state index contributed by atoms with van der Waals surface area (Å²) in [6.07, 6.45) is -5.18. The molecule has 176 valence electrons. The van der Waals surface area contributed by atoms with Gasteiger partial charge in [0, 0.05) is 31.4 Å². The summed E-state index contributed by atoms with van der Waals surface area (Å²) in [4.78, 5) is 23.9. The van der Waals surface area contributed by atoms with E-state index >= 15 is 0 Å². The highest BCUT2D eigenvalue weighted by Crippen LogP contribution is 2.28. The zero-order valence-electron chi connectivity index (χ0n) is 16.8. The lowest BCUT2D eigenvalue weighted by atomic mass is 9.91. The van der Waals surface area contributed by atoms with Gasteiger partial charge in [0.1, 0.15) is 17.9 Å². The number of rotatable bonds is 5. The highest BCUT2D eigenvalue weighted by atomic mass is 19.4. The van der Waals surface area contributed by atoms with Crippen LogP contribution in [0, 0.1) is 0 Å². The van der Waals surface area contributed by atoms with Crippen LogP contribution in [0.5, 0.6) is 0 Å². The van der Waals surface area contributed by atoms with Crippen molar-refractivity contribution >= 4 is 11.7 Å². The molecular weight excluding hydrogens is 446 g/mol. The molecule has 0 spiro atoms. The maximum Gasteiger partial charge on any atom is 0.421 e. The highest BCUT2D eigenvalue weighted by molar-refractivity contribution is 5.93. The van der Waals surface area contributed by atoms with Gasteiger partial charge in [0.2, 0.25) is 0 Å². The summed E-state index contributed by atoms with van der Waals surface area (Å²) in [5.74, 6) is -0.631. The summed E-state index contributed by atoms with van der Waals surface area (Å²) in [7, 11) is 1.13.